The Hall–Kier alpha value is -3.43. The van der Waals surface area contributed by atoms with Crippen LogP contribution < -0.4 is 9.47 Å². The molecule has 1 saturated heterocycles. The van der Waals surface area contributed by atoms with E-state index in [0.717, 1.165) is 43.3 Å². The number of esters is 2. The first-order chi connectivity index (χ1) is 21.5. The fourth-order valence-electron chi connectivity index (χ4n) is 6.87. The van der Waals surface area contributed by atoms with Crippen LogP contribution in [0.5, 0.6) is 11.6 Å². The summed E-state index contributed by atoms with van der Waals surface area (Å²) in [6, 6.07) is 4.69. The van der Waals surface area contributed by atoms with Gasteiger partial charge in [-0.25, -0.2) is 14.8 Å². The van der Waals surface area contributed by atoms with Gasteiger partial charge in [-0.3, -0.25) is 9.59 Å². The van der Waals surface area contributed by atoms with Gasteiger partial charge in [-0.15, -0.1) is 0 Å². The number of hydrogen-bond donors (Lipinski definition) is 0. The number of carbonyl (C=O) groups excluding carboxylic acids is 3. The van der Waals surface area contributed by atoms with Gasteiger partial charge in [0.15, 0.2) is 0 Å². The lowest BCUT2D eigenvalue weighted by Crippen LogP contribution is -2.50. The Morgan fingerprint density at radius 1 is 1.04 bits per heavy atom. The normalized spacial score (nSPS) is 29.5. The largest absolute Gasteiger partial charge is 0.497 e. The van der Waals surface area contributed by atoms with Gasteiger partial charge in [-0.2, -0.15) is 0 Å². The van der Waals surface area contributed by atoms with Gasteiger partial charge in [0, 0.05) is 17.9 Å². The number of fused-ring (bicyclic) bond motifs is 5. The number of methoxy groups -OCH3 is 1. The van der Waals surface area contributed by atoms with E-state index >= 15 is 0 Å². The predicted octanol–water partition coefficient (Wildman–Crippen LogP) is 6.07. The number of amides is 1. The van der Waals surface area contributed by atoms with Crippen LogP contribution in [0.3, 0.4) is 0 Å². The number of ether oxygens (including phenoxy) is 4. The monoisotopic (exact) mass is 637 g/mol. The Kier molecular flexibility index (Phi) is 9.32. The third-order valence-corrected chi connectivity index (χ3v) is 9.78. The molecule has 1 amide bonds. The number of aryl methyl sites for hydroxylation is 1. The molecule has 3 heterocycles. The highest BCUT2D eigenvalue weighted by atomic mass is 16.6. The summed E-state index contributed by atoms with van der Waals surface area (Å²) < 4.78 is 24.0. The molecule has 2 bridgehead atoms. The first kappa shape index (κ1) is 33.9. The van der Waals surface area contributed by atoms with Gasteiger partial charge in [0.1, 0.15) is 34.8 Å². The second-order valence-corrected chi connectivity index (χ2v) is 15.7. The first-order valence-corrected chi connectivity index (χ1v) is 16.8. The van der Waals surface area contributed by atoms with Crippen LogP contribution in [-0.2, 0) is 30.3 Å². The van der Waals surface area contributed by atoms with Crippen molar-refractivity contribution in [2.24, 2.45) is 23.2 Å². The molecule has 0 unspecified atom stereocenters. The van der Waals surface area contributed by atoms with Crippen LogP contribution in [0.25, 0.3) is 11.0 Å². The van der Waals surface area contributed by atoms with Crippen molar-refractivity contribution in [1.29, 1.82) is 0 Å². The summed E-state index contributed by atoms with van der Waals surface area (Å²) in [5.41, 5.74) is 0.320. The van der Waals surface area contributed by atoms with Gasteiger partial charge in [0.2, 0.25) is 11.8 Å². The molecule has 3 aliphatic rings. The molecule has 46 heavy (non-hydrogen) atoms. The lowest BCUT2D eigenvalue weighted by molar-refractivity contribution is -0.167. The average molecular weight is 638 g/mol. The van der Waals surface area contributed by atoms with E-state index in [4.69, 9.17) is 28.9 Å². The van der Waals surface area contributed by atoms with Crippen LogP contribution in [0.4, 0.5) is 0 Å². The van der Waals surface area contributed by atoms with Crippen molar-refractivity contribution in [3.05, 3.63) is 23.9 Å². The molecular formula is C36H51N3O7. The molecule has 6 atom stereocenters. The Morgan fingerprint density at radius 2 is 1.78 bits per heavy atom. The summed E-state index contributed by atoms with van der Waals surface area (Å²) in [7, 11) is 1.61. The van der Waals surface area contributed by atoms with E-state index in [0.29, 0.717) is 29.5 Å². The van der Waals surface area contributed by atoms with E-state index in [9.17, 15) is 14.4 Å². The van der Waals surface area contributed by atoms with Crippen molar-refractivity contribution in [1.82, 2.24) is 14.9 Å². The molecule has 5 rings (SSSR count). The topological polar surface area (TPSA) is 117 Å². The molecule has 1 aromatic heterocycles. The molecule has 1 aliphatic carbocycles. The minimum absolute atomic E-state index is 0.0653. The Morgan fingerprint density at radius 3 is 2.46 bits per heavy atom. The molecule has 2 fully saturated rings. The van der Waals surface area contributed by atoms with Gasteiger partial charge < -0.3 is 23.8 Å². The maximum Gasteiger partial charge on any atom is 0.329 e. The highest BCUT2D eigenvalue weighted by Crippen LogP contribution is 2.50. The molecule has 10 heteroatoms. The molecule has 0 N–H and O–H groups in total. The van der Waals surface area contributed by atoms with E-state index in [1.807, 2.05) is 73.6 Å². The number of aromatic nitrogens is 2. The van der Waals surface area contributed by atoms with Gasteiger partial charge in [0.25, 0.3) is 0 Å². The number of carbonyl (C=O) groups is 3. The minimum Gasteiger partial charge on any atom is -0.497 e. The second-order valence-electron chi connectivity index (χ2n) is 15.7. The van der Waals surface area contributed by atoms with Crippen molar-refractivity contribution in [3.8, 4) is 11.6 Å². The second kappa shape index (κ2) is 12.6. The minimum atomic E-state index is -0.901. The van der Waals surface area contributed by atoms with Crippen LogP contribution in [0.1, 0.15) is 99.6 Å². The number of rotatable bonds is 2. The van der Waals surface area contributed by atoms with Crippen molar-refractivity contribution >= 4 is 28.9 Å². The zero-order chi connectivity index (χ0) is 33.6. The SMILES string of the molecule is COc1ccc2nc3c(nc2c1)O[C@H]1CN(C(=O)[C@H](C(C)(C)C)CC(=O)O[C@]2(C)C[C@H]2CCCCC3)[C@H](C(=O)OC(C)(C)C)[C@@H]1C. The van der Waals surface area contributed by atoms with Crippen molar-refractivity contribution in [3.63, 3.8) is 0 Å². The Bertz CT molecular complexity index is 1480. The third kappa shape index (κ3) is 7.41. The molecular weight excluding hydrogens is 586 g/mol. The van der Waals surface area contributed by atoms with Crippen LogP contribution in [0.2, 0.25) is 0 Å². The fraction of sp³-hybridized carbons (Fsp3) is 0.694. The fourth-order valence-corrected chi connectivity index (χ4v) is 6.87. The maximum atomic E-state index is 14.5. The number of nitrogens with zero attached hydrogens (tertiary/aromatic N) is 3. The summed E-state index contributed by atoms with van der Waals surface area (Å²) in [6.07, 6.45) is 4.76. The van der Waals surface area contributed by atoms with E-state index in [1.54, 1.807) is 12.0 Å². The van der Waals surface area contributed by atoms with Gasteiger partial charge in [0.05, 0.1) is 37.0 Å². The molecule has 0 spiro atoms. The maximum absolute atomic E-state index is 14.5. The van der Waals surface area contributed by atoms with Crippen molar-refractivity contribution < 1.29 is 33.3 Å². The molecule has 2 aromatic rings. The average Bonchev–Trinajstić information content (AvgIpc) is 3.46. The van der Waals surface area contributed by atoms with Gasteiger partial charge >= 0.3 is 11.9 Å². The molecule has 0 radical (unpaired) electrons. The Balaban J connectivity index is 1.55. The summed E-state index contributed by atoms with van der Waals surface area (Å²) in [4.78, 5) is 53.0. The van der Waals surface area contributed by atoms with Crippen LogP contribution in [0.15, 0.2) is 18.2 Å². The van der Waals surface area contributed by atoms with E-state index in [-0.39, 0.29) is 24.8 Å². The molecule has 1 aromatic carbocycles. The highest BCUT2D eigenvalue weighted by molar-refractivity contribution is 5.90. The van der Waals surface area contributed by atoms with Gasteiger partial charge in [-0.05, 0) is 70.9 Å². The van der Waals surface area contributed by atoms with E-state index in [1.165, 1.54) is 0 Å². The standard InChI is InChI=1S/C36H51N3O7/c1-21-28-20-39(30(21)33(42)46-35(5,6)7)32(41)24(34(2,3)4)18-29(40)45-36(8)19-22(36)13-11-10-12-14-26-31(44-28)38-27-17-23(43-9)15-16-25(27)37-26/h15-17,21-22,24,28,30H,10-14,18-20H2,1-9H3/t21-,22-,24-,28+,30+,36-/m1/s1. The van der Waals surface area contributed by atoms with Crippen LogP contribution in [0, 0.1) is 23.2 Å². The zero-order valence-electron chi connectivity index (χ0n) is 29.0. The van der Waals surface area contributed by atoms with Crippen molar-refractivity contribution in [2.45, 2.75) is 124 Å². The molecule has 1 saturated carbocycles. The number of benzene rings is 1. The first-order valence-electron chi connectivity index (χ1n) is 16.8. The van der Waals surface area contributed by atoms with E-state index < -0.39 is 46.6 Å². The smallest absolute Gasteiger partial charge is 0.329 e. The Labute approximate surface area is 272 Å². The lowest BCUT2D eigenvalue weighted by Gasteiger charge is -2.35. The quantitative estimate of drug-likeness (QED) is 0.362. The summed E-state index contributed by atoms with van der Waals surface area (Å²) >= 11 is 0. The summed E-state index contributed by atoms with van der Waals surface area (Å²) in [5.74, 6) is -0.910. The molecule has 252 valence electrons. The third-order valence-electron chi connectivity index (χ3n) is 9.78. The van der Waals surface area contributed by atoms with Gasteiger partial charge in [-0.1, -0.05) is 40.5 Å². The lowest BCUT2D eigenvalue weighted by atomic mass is 9.77. The van der Waals surface area contributed by atoms with Crippen LogP contribution >= 0.6 is 0 Å². The van der Waals surface area contributed by atoms with Crippen LogP contribution in [-0.4, -0.2) is 69.7 Å². The molecule has 2 aliphatic heterocycles. The highest BCUT2D eigenvalue weighted by Gasteiger charge is 2.55. The zero-order valence-corrected chi connectivity index (χ0v) is 29.0. The summed E-state index contributed by atoms with van der Waals surface area (Å²) in [5, 5.41) is 0. The summed E-state index contributed by atoms with van der Waals surface area (Å²) in [6.45, 7) is 15.3. The molecule has 10 nitrogen and oxygen atoms in total. The predicted molar refractivity (Wildman–Crippen MR) is 173 cm³/mol. The number of hydrogen-bond acceptors (Lipinski definition) is 9. The van der Waals surface area contributed by atoms with Crippen molar-refractivity contribution in [2.75, 3.05) is 13.7 Å². The van der Waals surface area contributed by atoms with E-state index in [2.05, 4.69) is 0 Å².